The van der Waals surface area contributed by atoms with Crippen molar-refractivity contribution in [1.82, 2.24) is 4.90 Å². The molecule has 0 aliphatic carbocycles. The van der Waals surface area contributed by atoms with E-state index >= 15 is 0 Å². The summed E-state index contributed by atoms with van der Waals surface area (Å²) in [4.78, 5) is 13.5. The van der Waals surface area contributed by atoms with Gasteiger partial charge in [0.05, 0.1) is 11.6 Å². The van der Waals surface area contributed by atoms with Crippen LogP contribution in [-0.4, -0.2) is 37.6 Å². The van der Waals surface area contributed by atoms with Crippen molar-refractivity contribution in [2.75, 3.05) is 20.7 Å². The number of nitriles is 1. The average Bonchev–Trinajstić information content (AvgIpc) is 2.40. The van der Waals surface area contributed by atoms with Gasteiger partial charge in [0, 0.05) is 27.2 Å². The number of rotatable bonds is 5. The van der Waals surface area contributed by atoms with Gasteiger partial charge in [-0.1, -0.05) is 12.1 Å². The monoisotopic (exact) mass is 247 g/mol. The maximum Gasteiger partial charge on any atom is 0.253 e. The van der Waals surface area contributed by atoms with Gasteiger partial charge in [-0.25, -0.2) is 0 Å². The van der Waals surface area contributed by atoms with Crippen LogP contribution in [0.4, 0.5) is 0 Å². The summed E-state index contributed by atoms with van der Waals surface area (Å²) in [5.41, 5.74) is 7.00. The SMILES string of the molecule is COC(CN)C(=O)N(C)Cc1ccc(C#N)cc1. The lowest BCUT2D eigenvalue weighted by Crippen LogP contribution is -2.41. The van der Waals surface area contributed by atoms with Crippen molar-refractivity contribution in [3.8, 4) is 6.07 Å². The first-order valence-corrected chi connectivity index (χ1v) is 5.59. The molecule has 0 fully saturated rings. The first-order chi connectivity index (χ1) is 8.62. The molecule has 1 aromatic rings. The molecule has 0 aliphatic heterocycles. The van der Waals surface area contributed by atoms with Gasteiger partial charge in [0.15, 0.2) is 0 Å². The molecule has 2 N–H and O–H groups in total. The summed E-state index contributed by atoms with van der Waals surface area (Å²) in [6.07, 6.45) is -0.603. The number of ether oxygens (including phenoxy) is 1. The number of amides is 1. The standard InChI is InChI=1S/C13H17N3O2/c1-16(13(17)12(8-15)18-2)9-11-5-3-10(7-14)4-6-11/h3-6,12H,8-9,15H2,1-2H3. The molecule has 0 aliphatic rings. The lowest BCUT2D eigenvalue weighted by molar-refractivity contribution is -0.140. The molecule has 1 atom stereocenters. The fraction of sp³-hybridized carbons (Fsp3) is 0.385. The highest BCUT2D eigenvalue weighted by atomic mass is 16.5. The number of hydrogen-bond acceptors (Lipinski definition) is 4. The Labute approximate surface area is 107 Å². The van der Waals surface area contributed by atoms with E-state index in [0.717, 1.165) is 5.56 Å². The van der Waals surface area contributed by atoms with E-state index in [9.17, 15) is 4.79 Å². The number of likely N-dealkylation sites (N-methyl/N-ethyl adjacent to an activating group) is 1. The molecule has 5 heteroatoms. The van der Waals surface area contributed by atoms with Gasteiger partial charge in [-0.3, -0.25) is 4.79 Å². The second kappa shape index (κ2) is 6.74. The normalized spacial score (nSPS) is 11.7. The number of hydrogen-bond donors (Lipinski definition) is 1. The van der Waals surface area contributed by atoms with Gasteiger partial charge in [0.25, 0.3) is 5.91 Å². The molecule has 1 aromatic carbocycles. The van der Waals surface area contributed by atoms with E-state index in [0.29, 0.717) is 12.1 Å². The van der Waals surface area contributed by atoms with Gasteiger partial charge >= 0.3 is 0 Å². The summed E-state index contributed by atoms with van der Waals surface area (Å²) in [6, 6.07) is 9.15. The molecular weight excluding hydrogens is 230 g/mol. The fourth-order valence-corrected chi connectivity index (χ4v) is 1.58. The second-order valence-corrected chi connectivity index (χ2v) is 3.96. The molecule has 1 unspecified atom stereocenters. The van der Waals surface area contributed by atoms with Crippen LogP contribution in [0.1, 0.15) is 11.1 Å². The third-order valence-corrected chi connectivity index (χ3v) is 2.65. The van der Waals surface area contributed by atoms with Crippen LogP contribution in [0, 0.1) is 11.3 Å². The molecule has 5 nitrogen and oxygen atoms in total. The second-order valence-electron chi connectivity index (χ2n) is 3.96. The molecule has 0 bridgehead atoms. The quantitative estimate of drug-likeness (QED) is 0.821. The highest BCUT2D eigenvalue weighted by Crippen LogP contribution is 2.07. The minimum absolute atomic E-state index is 0.149. The van der Waals surface area contributed by atoms with Crippen molar-refractivity contribution >= 4 is 5.91 Å². The predicted molar refractivity (Wildman–Crippen MR) is 67.5 cm³/mol. The molecule has 96 valence electrons. The molecule has 0 heterocycles. The van der Waals surface area contributed by atoms with Crippen molar-refractivity contribution < 1.29 is 9.53 Å². The largest absolute Gasteiger partial charge is 0.370 e. The Hall–Kier alpha value is -1.90. The summed E-state index contributed by atoms with van der Waals surface area (Å²) in [6.45, 7) is 0.622. The Morgan fingerprint density at radius 3 is 2.56 bits per heavy atom. The summed E-state index contributed by atoms with van der Waals surface area (Å²) < 4.78 is 5.00. The van der Waals surface area contributed by atoms with Crippen molar-refractivity contribution in [1.29, 1.82) is 5.26 Å². The van der Waals surface area contributed by atoms with E-state index in [1.807, 2.05) is 18.2 Å². The number of nitrogens with two attached hydrogens (primary N) is 1. The minimum Gasteiger partial charge on any atom is -0.370 e. The molecule has 0 spiro atoms. The summed E-state index contributed by atoms with van der Waals surface area (Å²) in [7, 11) is 3.16. The third kappa shape index (κ3) is 3.55. The van der Waals surface area contributed by atoms with Gasteiger partial charge in [0.2, 0.25) is 0 Å². The van der Waals surface area contributed by atoms with Crippen LogP contribution in [0.15, 0.2) is 24.3 Å². The predicted octanol–water partition coefficient (Wildman–Crippen LogP) is 0.490. The molecule has 1 amide bonds. The topological polar surface area (TPSA) is 79.3 Å². The lowest BCUT2D eigenvalue weighted by atomic mass is 10.1. The number of carbonyl (C=O) groups is 1. The number of benzene rings is 1. The number of nitrogens with zero attached hydrogens (tertiary/aromatic N) is 2. The molecule has 1 rings (SSSR count). The number of methoxy groups -OCH3 is 1. The van der Waals surface area contributed by atoms with Crippen LogP contribution in [0.25, 0.3) is 0 Å². The molecule has 0 aromatic heterocycles. The highest BCUT2D eigenvalue weighted by molar-refractivity contribution is 5.80. The van der Waals surface area contributed by atoms with Gasteiger partial charge in [-0.2, -0.15) is 5.26 Å². The van der Waals surface area contributed by atoms with E-state index in [-0.39, 0.29) is 12.5 Å². The van der Waals surface area contributed by atoms with Crippen molar-refractivity contribution in [3.63, 3.8) is 0 Å². The maximum absolute atomic E-state index is 11.9. The van der Waals surface area contributed by atoms with Gasteiger partial charge < -0.3 is 15.4 Å². The van der Waals surface area contributed by atoms with Gasteiger partial charge in [-0.15, -0.1) is 0 Å². The van der Waals surface area contributed by atoms with Crippen LogP contribution >= 0.6 is 0 Å². The molecule has 18 heavy (non-hydrogen) atoms. The average molecular weight is 247 g/mol. The fourth-order valence-electron chi connectivity index (χ4n) is 1.58. The smallest absolute Gasteiger partial charge is 0.253 e. The van der Waals surface area contributed by atoms with Gasteiger partial charge in [-0.05, 0) is 17.7 Å². The zero-order chi connectivity index (χ0) is 13.5. The third-order valence-electron chi connectivity index (χ3n) is 2.65. The highest BCUT2D eigenvalue weighted by Gasteiger charge is 2.19. The molecule has 0 saturated heterocycles. The van der Waals surface area contributed by atoms with E-state index in [4.69, 9.17) is 15.7 Å². The van der Waals surface area contributed by atoms with Crippen LogP contribution in [0.5, 0.6) is 0 Å². The van der Waals surface area contributed by atoms with Gasteiger partial charge in [0.1, 0.15) is 6.10 Å². The van der Waals surface area contributed by atoms with E-state index < -0.39 is 6.10 Å². The summed E-state index contributed by atoms with van der Waals surface area (Å²) in [5, 5.41) is 8.69. The Kier molecular flexibility index (Phi) is 5.31. The molecular formula is C13H17N3O2. The molecule has 0 radical (unpaired) electrons. The van der Waals surface area contributed by atoms with E-state index in [1.165, 1.54) is 7.11 Å². The first kappa shape index (κ1) is 14.2. The zero-order valence-corrected chi connectivity index (χ0v) is 10.6. The Balaban J connectivity index is 2.66. The van der Waals surface area contributed by atoms with E-state index in [2.05, 4.69) is 0 Å². The van der Waals surface area contributed by atoms with Crippen LogP contribution in [-0.2, 0) is 16.1 Å². The first-order valence-electron chi connectivity index (χ1n) is 5.59. The van der Waals surface area contributed by atoms with Crippen molar-refractivity contribution in [3.05, 3.63) is 35.4 Å². The minimum atomic E-state index is -0.603. The van der Waals surface area contributed by atoms with Crippen LogP contribution in [0.2, 0.25) is 0 Å². The Bertz CT molecular complexity index is 433. The zero-order valence-electron chi connectivity index (χ0n) is 10.6. The number of carbonyl (C=O) groups excluding carboxylic acids is 1. The Morgan fingerprint density at radius 2 is 2.11 bits per heavy atom. The summed E-state index contributed by atoms with van der Waals surface area (Å²) >= 11 is 0. The van der Waals surface area contributed by atoms with Crippen LogP contribution in [0.3, 0.4) is 0 Å². The maximum atomic E-state index is 11.9. The lowest BCUT2D eigenvalue weighted by Gasteiger charge is -2.22. The van der Waals surface area contributed by atoms with Crippen LogP contribution < -0.4 is 5.73 Å². The van der Waals surface area contributed by atoms with Crippen molar-refractivity contribution in [2.24, 2.45) is 5.73 Å². The molecule has 0 saturated carbocycles. The Morgan fingerprint density at radius 1 is 1.50 bits per heavy atom. The summed E-state index contributed by atoms with van der Waals surface area (Å²) in [5.74, 6) is -0.149. The van der Waals surface area contributed by atoms with Crippen molar-refractivity contribution in [2.45, 2.75) is 12.6 Å². The van der Waals surface area contributed by atoms with E-state index in [1.54, 1.807) is 24.1 Å².